The third-order valence-corrected chi connectivity index (χ3v) is 6.82. The number of methoxy groups -OCH3 is 1. The Balaban J connectivity index is 1.81. The fourth-order valence-corrected chi connectivity index (χ4v) is 4.49. The second-order valence-corrected chi connectivity index (χ2v) is 10.1. The quantitative estimate of drug-likeness (QED) is 0.124. The Morgan fingerprint density at radius 3 is 1.85 bits per heavy atom. The molecule has 1 rings (SSSR count). The highest BCUT2D eigenvalue weighted by Crippen LogP contribution is 2.15. The molecule has 0 aromatic carbocycles. The van der Waals surface area contributed by atoms with Crippen LogP contribution in [0.25, 0.3) is 0 Å². The summed E-state index contributed by atoms with van der Waals surface area (Å²) in [4.78, 5) is 12.0. The molecule has 0 spiro atoms. The number of carbonyl (C=O) groups is 1. The molecule has 1 saturated heterocycles. The average molecular weight is 485 g/mol. The molecule has 1 heterocycles. The first-order valence-electron chi connectivity index (χ1n) is 14.6. The van der Waals surface area contributed by atoms with Gasteiger partial charge in [0.25, 0.3) is 0 Å². The zero-order chi connectivity index (χ0) is 24.5. The number of carbonyl (C=O) groups excluding carboxylic acids is 1. The van der Waals surface area contributed by atoms with E-state index in [0.717, 1.165) is 38.7 Å². The number of rotatable bonds is 25. The normalized spacial score (nSPS) is 17.2. The largest absolute Gasteiger partial charge is 0.377 e. The van der Waals surface area contributed by atoms with Gasteiger partial charge >= 0.3 is 0 Å². The monoisotopic (exact) mass is 484 g/mol. The van der Waals surface area contributed by atoms with Crippen LogP contribution in [-0.4, -0.2) is 51.7 Å². The molecule has 1 aliphatic rings. The van der Waals surface area contributed by atoms with Gasteiger partial charge in [-0.15, -0.1) is 0 Å². The predicted molar refractivity (Wildman–Crippen MR) is 140 cm³/mol. The molecule has 0 aliphatic carbocycles. The summed E-state index contributed by atoms with van der Waals surface area (Å²) < 4.78 is 22.3. The fourth-order valence-electron chi connectivity index (χ4n) is 4.49. The lowest BCUT2D eigenvalue weighted by molar-refractivity contribution is -0.182. The van der Waals surface area contributed by atoms with Crippen LogP contribution in [0.15, 0.2) is 0 Å². The summed E-state index contributed by atoms with van der Waals surface area (Å²) in [7, 11) is 1.65. The molecule has 0 radical (unpaired) electrons. The van der Waals surface area contributed by atoms with Crippen molar-refractivity contribution < 1.29 is 23.7 Å². The van der Waals surface area contributed by atoms with E-state index in [1.807, 2.05) is 0 Å². The second kappa shape index (κ2) is 24.2. The van der Waals surface area contributed by atoms with Crippen LogP contribution in [0.4, 0.5) is 0 Å². The second-order valence-electron chi connectivity index (χ2n) is 10.1. The van der Waals surface area contributed by atoms with Gasteiger partial charge in [0.1, 0.15) is 12.7 Å². The van der Waals surface area contributed by atoms with Crippen molar-refractivity contribution in [2.45, 2.75) is 148 Å². The van der Waals surface area contributed by atoms with E-state index in [2.05, 4.69) is 6.92 Å². The van der Waals surface area contributed by atoms with Crippen molar-refractivity contribution in [3.63, 3.8) is 0 Å². The van der Waals surface area contributed by atoms with Crippen LogP contribution in [0, 0.1) is 0 Å². The fraction of sp³-hybridized carbons (Fsp3) is 0.966. The lowest BCUT2D eigenvalue weighted by Gasteiger charge is -2.24. The molecule has 1 aliphatic heterocycles. The Hall–Kier alpha value is -0.490. The number of unbranched alkanes of at least 4 members (excludes halogenated alkanes) is 15. The van der Waals surface area contributed by atoms with E-state index >= 15 is 0 Å². The molecule has 0 N–H and O–H groups in total. The summed E-state index contributed by atoms with van der Waals surface area (Å²) >= 11 is 0. The third-order valence-electron chi connectivity index (χ3n) is 6.82. The van der Waals surface area contributed by atoms with Crippen LogP contribution in [0.1, 0.15) is 135 Å². The number of ether oxygens (including phenoxy) is 4. The smallest absolute Gasteiger partial charge is 0.158 e. The molecule has 5 heteroatoms. The van der Waals surface area contributed by atoms with Crippen LogP contribution < -0.4 is 0 Å². The van der Waals surface area contributed by atoms with Crippen molar-refractivity contribution in [1.82, 2.24) is 0 Å². The summed E-state index contributed by atoms with van der Waals surface area (Å²) in [6.45, 7) is 4.05. The van der Waals surface area contributed by atoms with Crippen molar-refractivity contribution in [3.8, 4) is 0 Å². The molecule has 0 bridgehead atoms. The van der Waals surface area contributed by atoms with Crippen molar-refractivity contribution in [1.29, 1.82) is 0 Å². The van der Waals surface area contributed by atoms with Gasteiger partial charge in [-0.2, -0.15) is 0 Å². The van der Waals surface area contributed by atoms with Crippen LogP contribution in [0.2, 0.25) is 0 Å². The molecule has 0 saturated carbocycles. The van der Waals surface area contributed by atoms with Crippen molar-refractivity contribution >= 4 is 5.78 Å². The van der Waals surface area contributed by atoms with Gasteiger partial charge in [-0.3, -0.25) is 4.79 Å². The van der Waals surface area contributed by atoms with Crippen LogP contribution in [-0.2, 0) is 23.7 Å². The van der Waals surface area contributed by atoms with Gasteiger partial charge in [-0.1, -0.05) is 103 Å². The Morgan fingerprint density at radius 2 is 1.35 bits per heavy atom. The van der Waals surface area contributed by atoms with Gasteiger partial charge < -0.3 is 18.9 Å². The third kappa shape index (κ3) is 19.8. The van der Waals surface area contributed by atoms with E-state index in [1.165, 1.54) is 89.9 Å². The molecule has 34 heavy (non-hydrogen) atoms. The Kier molecular flexibility index (Phi) is 22.5. The highest BCUT2D eigenvalue weighted by Gasteiger charge is 2.17. The summed E-state index contributed by atoms with van der Waals surface area (Å²) in [5.41, 5.74) is 0. The SMILES string of the molecule is CCCCCCCCCCCCCCCCCCC(=O)COCC(COC1CCCCO1)OC. The average Bonchev–Trinajstić information content (AvgIpc) is 2.86. The zero-order valence-electron chi connectivity index (χ0n) is 22.7. The van der Waals surface area contributed by atoms with Crippen LogP contribution >= 0.6 is 0 Å². The number of Topliss-reactive ketones (excluding diaryl/α,β-unsaturated/α-hetero) is 1. The lowest BCUT2D eigenvalue weighted by Crippen LogP contribution is -2.31. The van der Waals surface area contributed by atoms with E-state index in [9.17, 15) is 4.79 Å². The van der Waals surface area contributed by atoms with Gasteiger partial charge in [-0.05, 0) is 25.7 Å². The van der Waals surface area contributed by atoms with E-state index in [1.54, 1.807) is 7.11 Å². The maximum atomic E-state index is 12.0. The topological polar surface area (TPSA) is 54.0 Å². The number of hydrogen-bond donors (Lipinski definition) is 0. The molecule has 0 amide bonds. The first-order valence-corrected chi connectivity index (χ1v) is 14.6. The molecule has 202 valence electrons. The van der Waals surface area contributed by atoms with Gasteiger partial charge in [0.15, 0.2) is 12.1 Å². The minimum Gasteiger partial charge on any atom is -0.377 e. The summed E-state index contributed by atoms with van der Waals surface area (Å²) in [5.74, 6) is 0.191. The first kappa shape index (κ1) is 31.5. The zero-order valence-corrected chi connectivity index (χ0v) is 22.7. The summed E-state index contributed by atoms with van der Waals surface area (Å²) in [5, 5.41) is 0. The maximum absolute atomic E-state index is 12.0. The van der Waals surface area contributed by atoms with Crippen molar-refractivity contribution in [2.24, 2.45) is 0 Å². The highest BCUT2D eigenvalue weighted by atomic mass is 16.7. The minimum absolute atomic E-state index is 0.122. The maximum Gasteiger partial charge on any atom is 0.158 e. The highest BCUT2D eigenvalue weighted by molar-refractivity contribution is 5.79. The molecular formula is C29H56O5. The van der Waals surface area contributed by atoms with E-state index < -0.39 is 0 Å². The standard InChI is InChI=1S/C29H56O5/c1-3-4-5-6-7-8-9-10-11-12-13-14-15-16-17-18-21-27(30)24-32-25-28(31-2)26-34-29-22-19-20-23-33-29/h28-29H,3-26H2,1-2H3. The number of ketones is 1. The summed E-state index contributed by atoms with van der Waals surface area (Å²) in [6.07, 6.45) is 25.1. The Bertz CT molecular complexity index is 436. The number of hydrogen-bond acceptors (Lipinski definition) is 5. The molecule has 0 aromatic rings. The van der Waals surface area contributed by atoms with E-state index in [4.69, 9.17) is 18.9 Å². The first-order chi connectivity index (χ1) is 16.8. The van der Waals surface area contributed by atoms with E-state index in [0.29, 0.717) is 19.6 Å². The van der Waals surface area contributed by atoms with Gasteiger partial charge in [-0.25, -0.2) is 0 Å². The van der Waals surface area contributed by atoms with Gasteiger partial charge in [0.2, 0.25) is 0 Å². The minimum atomic E-state index is -0.158. The van der Waals surface area contributed by atoms with Gasteiger partial charge in [0.05, 0.1) is 13.2 Å². The molecule has 5 nitrogen and oxygen atoms in total. The summed E-state index contributed by atoms with van der Waals surface area (Å²) in [6, 6.07) is 0. The van der Waals surface area contributed by atoms with Gasteiger partial charge in [0, 0.05) is 20.1 Å². The van der Waals surface area contributed by atoms with Crippen LogP contribution in [0.5, 0.6) is 0 Å². The molecule has 2 unspecified atom stereocenters. The Morgan fingerprint density at radius 1 is 0.794 bits per heavy atom. The molecule has 0 aromatic heterocycles. The van der Waals surface area contributed by atoms with E-state index in [-0.39, 0.29) is 24.8 Å². The molecule has 2 atom stereocenters. The lowest BCUT2D eigenvalue weighted by atomic mass is 10.0. The molecular weight excluding hydrogens is 428 g/mol. The predicted octanol–water partition coefficient (Wildman–Crippen LogP) is 7.78. The molecule has 1 fully saturated rings. The van der Waals surface area contributed by atoms with Crippen molar-refractivity contribution in [3.05, 3.63) is 0 Å². The Labute approximate surface area is 211 Å². The van der Waals surface area contributed by atoms with Crippen LogP contribution in [0.3, 0.4) is 0 Å². The van der Waals surface area contributed by atoms with Crippen molar-refractivity contribution in [2.75, 3.05) is 33.5 Å².